The van der Waals surface area contributed by atoms with Gasteiger partial charge in [-0.15, -0.1) is 0 Å². The van der Waals surface area contributed by atoms with Gasteiger partial charge >= 0.3 is 0 Å². The van der Waals surface area contributed by atoms with Gasteiger partial charge in [0.2, 0.25) is 0 Å². The van der Waals surface area contributed by atoms with E-state index in [0.717, 1.165) is 36.2 Å². The molecule has 1 unspecified atom stereocenters. The van der Waals surface area contributed by atoms with Gasteiger partial charge in [0.25, 0.3) is 5.69 Å². The fourth-order valence-electron chi connectivity index (χ4n) is 2.17. The molecule has 1 aliphatic heterocycles. The molecule has 1 N–H and O–H groups in total. The van der Waals surface area contributed by atoms with Gasteiger partial charge in [-0.3, -0.25) is 15.0 Å². The first kappa shape index (κ1) is 13.5. The smallest absolute Gasteiger partial charge is 0.270 e. The van der Waals surface area contributed by atoms with E-state index in [1.807, 2.05) is 6.07 Å². The Balaban J connectivity index is 2.07. The molecule has 1 aromatic carbocycles. The van der Waals surface area contributed by atoms with Crippen LogP contribution < -0.4 is 5.32 Å². The summed E-state index contributed by atoms with van der Waals surface area (Å²) in [5, 5.41) is 14.1. The van der Waals surface area contributed by atoms with E-state index >= 15 is 0 Å². The maximum absolute atomic E-state index is 10.7. The highest BCUT2D eigenvalue weighted by Crippen LogP contribution is 2.24. The molecule has 0 amide bonds. The lowest BCUT2D eigenvalue weighted by Crippen LogP contribution is -2.48. The number of nitro groups is 1. The Labute approximate surface area is 114 Å². The number of nitrogens with one attached hydrogen (secondary N) is 1. The lowest BCUT2D eigenvalue weighted by Gasteiger charge is -2.32. The van der Waals surface area contributed by atoms with Crippen LogP contribution in [0.2, 0.25) is 0 Å². The zero-order valence-corrected chi connectivity index (χ0v) is 11.8. The summed E-state index contributed by atoms with van der Waals surface area (Å²) >= 11 is 3.41. The molecule has 2 rings (SSSR count). The molecule has 1 heterocycles. The van der Waals surface area contributed by atoms with Gasteiger partial charge in [-0.05, 0) is 18.6 Å². The second-order valence-electron chi connectivity index (χ2n) is 4.62. The molecule has 0 saturated carbocycles. The summed E-state index contributed by atoms with van der Waals surface area (Å²) in [6.07, 6.45) is 0. The minimum absolute atomic E-state index is 0.124. The predicted molar refractivity (Wildman–Crippen MR) is 73.5 cm³/mol. The maximum atomic E-state index is 10.7. The quantitative estimate of drug-likeness (QED) is 0.686. The van der Waals surface area contributed by atoms with Gasteiger partial charge in [0, 0.05) is 48.8 Å². The molecule has 1 aliphatic rings. The predicted octanol–water partition coefficient (Wildman–Crippen LogP) is 2.15. The third-order valence-corrected chi connectivity index (χ3v) is 3.83. The second-order valence-corrected chi connectivity index (χ2v) is 5.48. The first-order chi connectivity index (χ1) is 8.56. The fraction of sp³-hybridized carbons (Fsp3) is 0.500. The summed E-state index contributed by atoms with van der Waals surface area (Å²) in [7, 11) is 0. The summed E-state index contributed by atoms with van der Waals surface area (Å²) in [5.74, 6) is 0. The van der Waals surface area contributed by atoms with Gasteiger partial charge in [0.15, 0.2) is 0 Å². The van der Waals surface area contributed by atoms with Crippen molar-refractivity contribution in [2.45, 2.75) is 19.5 Å². The van der Waals surface area contributed by atoms with Crippen molar-refractivity contribution >= 4 is 21.6 Å². The summed E-state index contributed by atoms with van der Waals surface area (Å²) in [5.41, 5.74) is 1.22. The van der Waals surface area contributed by atoms with Gasteiger partial charge in [-0.2, -0.15) is 0 Å². The number of benzene rings is 1. The highest BCUT2D eigenvalue weighted by molar-refractivity contribution is 9.10. The lowest BCUT2D eigenvalue weighted by molar-refractivity contribution is -0.384. The summed E-state index contributed by atoms with van der Waals surface area (Å²) in [4.78, 5) is 12.6. The third kappa shape index (κ3) is 3.28. The first-order valence-electron chi connectivity index (χ1n) is 5.95. The lowest BCUT2D eigenvalue weighted by atomic mass is 10.1. The van der Waals surface area contributed by atoms with Crippen LogP contribution in [0.25, 0.3) is 0 Å². The minimum atomic E-state index is -0.374. The van der Waals surface area contributed by atoms with Gasteiger partial charge in [0.1, 0.15) is 0 Å². The number of nitro benzene ring substituents is 1. The van der Waals surface area contributed by atoms with E-state index in [4.69, 9.17) is 0 Å². The molecule has 1 saturated heterocycles. The Morgan fingerprint density at radius 3 is 3.00 bits per heavy atom. The molecule has 0 bridgehead atoms. The molecule has 6 heteroatoms. The topological polar surface area (TPSA) is 58.4 Å². The molecule has 98 valence electrons. The van der Waals surface area contributed by atoms with E-state index in [-0.39, 0.29) is 10.6 Å². The zero-order valence-electron chi connectivity index (χ0n) is 10.2. The molecule has 0 aromatic heterocycles. The van der Waals surface area contributed by atoms with Crippen LogP contribution in [-0.4, -0.2) is 35.5 Å². The molecule has 18 heavy (non-hydrogen) atoms. The Morgan fingerprint density at radius 1 is 1.61 bits per heavy atom. The summed E-state index contributed by atoms with van der Waals surface area (Å²) in [6.45, 7) is 5.99. The average Bonchev–Trinajstić information content (AvgIpc) is 2.31. The highest BCUT2D eigenvalue weighted by Gasteiger charge is 2.17. The first-order valence-corrected chi connectivity index (χ1v) is 6.74. The van der Waals surface area contributed by atoms with Crippen molar-refractivity contribution in [1.29, 1.82) is 0 Å². The number of hydrogen-bond donors (Lipinski definition) is 1. The molecule has 0 radical (unpaired) electrons. The number of nitrogens with zero attached hydrogens (tertiary/aromatic N) is 2. The van der Waals surface area contributed by atoms with E-state index in [0.29, 0.717) is 6.04 Å². The Morgan fingerprint density at radius 2 is 2.39 bits per heavy atom. The number of halogens is 1. The Kier molecular flexibility index (Phi) is 4.31. The van der Waals surface area contributed by atoms with Crippen molar-refractivity contribution in [2.75, 3.05) is 19.6 Å². The van der Waals surface area contributed by atoms with Gasteiger partial charge in [0.05, 0.1) is 4.92 Å². The zero-order chi connectivity index (χ0) is 13.1. The second kappa shape index (κ2) is 5.77. The van der Waals surface area contributed by atoms with Crippen molar-refractivity contribution < 1.29 is 4.92 Å². The molecule has 5 nitrogen and oxygen atoms in total. The van der Waals surface area contributed by atoms with Crippen molar-refractivity contribution in [1.82, 2.24) is 10.2 Å². The van der Waals surface area contributed by atoms with Gasteiger partial charge in [-0.25, -0.2) is 0 Å². The molecule has 1 aromatic rings. The van der Waals surface area contributed by atoms with Crippen LogP contribution in [0.5, 0.6) is 0 Å². The van der Waals surface area contributed by atoms with Crippen molar-refractivity contribution in [3.8, 4) is 0 Å². The van der Waals surface area contributed by atoms with E-state index in [2.05, 4.69) is 33.1 Å². The summed E-state index contributed by atoms with van der Waals surface area (Å²) < 4.78 is 0.808. The van der Waals surface area contributed by atoms with E-state index in [9.17, 15) is 10.1 Å². The minimum Gasteiger partial charge on any atom is -0.312 e. The van der Waals surface area contributed by atoms with E-state index < -0.39 is 0 Å². The van der Waals surface area contributed by atoms with Crippen molar-refractivity contribution in [3.05, 3.63) is 38.3 Å². The SMILES string of the molecule is CC1CN(Cc2ccc([N+](=O)[O-])cc2Br)CCN1. The molecular weight excluding hydrogens is 298 g/mol. The number of hydrogen-bond acceptors (Lipinski definition) is 4. The van der Waals surface area contributed by atoms with Crippen molar-refractivity contribution in [2.24, 2.45) is 0 Å². The largest absolute Gasteiger partial charge is 0.312 e. The van der Waals surface area contributed by atoms with Crippen LogP contribution in [0.1, 0.15) is 12.5 Å². The average molecular weight is 314 g/mol. The fourth-order valence-corrected chi connectivity index (χ4v) is 2.67. The molecular formula is C12H16BrN3O2. The van der Waals surface area contributed by atoms with Crippen LogP contribution >= 0.6 is 15.9 Å². The highest BCUT2D eigenvalue weighted by atomic mass is 79.9. The Bertz CT molecular complexity index is 453. The number of piperazine rings is 1. The van der Waals surface area contributed by atoms with Crippen LogP contribution in [-0.2, 0) is 6.54 Å². The van der Waals surface area contributed by atoms with E-state index in [1.165, 1.54) is 0 Å². The number of rotatable bonds is 3. The molecule has 0 spiro atoms. The van der Waals surface area contributed by atoms with Crippen LogP contribution in [0, 0.1) is 10.1 Å². The molecule has 1 fully saturated rings. The molecule has 1 atom stereocenters. The normalized spacial score (nSPS) is 20.9. The van der Waals surface area contributed by atoms with Crippen LogP contribution in [0.3, 0.4) is 0 Å². The van der Waals surface area contributed by atoms with Gasteiger partial charge < -0.3 is 5.32 Å². The summed E-state index contributed by atoms with van der Waals surface area (Å²) in [6, 6.07) is 5.46. The van der Waals surface area contributed by atoms with Crippen LogP contribution in [0.4, 0.5) is 5.69 Å². The van der Waals surface area contributed by atoms with Crippen molar-refractivity contribution in [3.63, 3.8) is 0 Å². The van der Waals surface area contributed by atoms with E-state index in [1.54, 1.807) is 12.1 Å². The van der Waals surface area contributed by atoms with Gasteiger partial charge in [-0.1, -0.05) is 15.9 Å². The Hall–Kier alpha value is -0.980. The standard InChI is InChI=1S/C12H16BrN3O2/c1-9-7-15(5-4-14-9)8-10-2-3-11(16(17)18)6-12(10)13/h2-3,6,9,14H,4-5,7-8H2,1H3. The van der Waals surface area contributed by atoms with Crippen LogP contribution in [0.15, 0.2) is 22.7 Å². The monoisotopic (exact) mass is 313 g/mol. The molecule has 0 aliphatic carbocycles. The maximum Gasteiger partial charge on any atom is 0.270 e. The third-order valence-electron chi connectivity index (χ3n) is 3.09. The number of non-ortho nitro benzene ring substituents is 1.